The molecule has 1 N–H and O–H groups in total. The molecule has 1 saturated heterocycles. The van der Waals surface area contributed by atoms with Crippen molar-refractivity contribution in [2.75, 3.05) is 33.2 Å². The molecule has 1 aromatic carbocycles. The van der Waals surface area contributed by atoms with Crippen molar-refractivity contribution in [1.29, 1.82) is 0 Å². The lowest BCUT2D eigenvalue weighted by Crippen LogP contribution is -2.49. The minimum atomic E-state index is -0.258. The van der Waals surface area contributed by atoms with Crippen LogP contribution in [0.2, 0.25) is 0 Å². The predicted molar refractivity (Wildman–Crippen MR) is 108 cm³/mol. The van der Waals surface area contributed by atoms with Crippen molar-refractivity contribution in [3.05, 3.63) is 62.4 Å². The number of halogens is 1. The molecule has 2 aromatic rings. The predicted octanol–water partition coefficient (Wildman–Crippen LogP) is 3.06. The zero-order valence-electron chi connectivity index (χ0n) is 14.4. The van der Waals surface area contributed by atoms with Gasteiger partial charge in [-0.2, -0.15) is 0 Å². The van der Waals surface area contributed by atoms with E-state index in [0.717, 1.165) is 23.1 Å². The number of likely N-dealkylation sites (N-methyl/N-ethyl adjacent to an activating group) is 1. The molecule has 2 amide bonds. The summed E-state index contributed by atoms with van der Waals surface area (Å²) in [6, 6.07) is 11.2. The number of nitrogens with one attached hydrogen (secondary N) is 1. The largest absolute Gasteiger partial charge is 0.335 e. The number of thiophene rings is 1. The van der Waals surface area contributed by atoms with Crippen LogP contribution in [0.25, 0.3) is 6.08 Å². The van der Waals surface area contributed by atoms with E-state index in [-0.39, 0.29) is 11.8 Å². The lowest BCUT2D eigenvalue weighted by molar-refractivity contribution is -0.128. The van der Waals surface area contributed by atoms with E-state index in [2.05, 4.69) is 26.1 Å². The Kier molecular flexibility index (Phi) is 6.24. The van der Waals surface area contributed by atoms with E-state index in [4.69, 9.17) is 0 Å². The van der Waals surface area contributed by atoms with Gasteiger partial charge in [-0.15, -0.1) is 11.3 Å². The summed E-state index contributed by atoms with van der Waals surface area (Å²) < 4.78 is 0.962. The summed E-state index contributed by atoms with van der Waals surface area (Å²) in [5.41, 5.74) is 1.16. The fourth-order valence-corrected chi connectivity index (χ4v) is 3.53. The van der Waals surface area contributed by atoms with Gasteiger partial charge < -0.3 is 15.1 Å². The van der Waals surface area contributed by atoms with Crippen LogP contribution in [0.1, 0.15) is 15.2 Å². The first-order valence-electron chi connectivity index (χ1n) is 8.33. The van der Waals surface area contributed by atoms with Crippen LogP contribution in [0.15, 0.2) is 51.9 Å². The van der Waals surface area contributed by atoms with Gasteiger partial charge in [0.2, 0.25) is 0 Å². The second kappa shape index (κ2) is 8.62. The Bertz CT molecular complexity index is 795. The molecule has 0 spiro atoms. The van der Waals surface area contributed by atoms with Crippen molar-refractivity contribution in [2.45, 2.75) is 0 Å². The highest BCUT2D eigenvalue weighted by Gasteiger charge is 2.24. The number of hydrogen-bond donors (Lipinski definition) is 1. The SMILES string of the molecule is CN1CCN(C(=O)/C(=C\c2ccc(Br)cc2)NC(=O)c2cccs2)CC1. The van der Waals surface area contributed by atoms with Crippen LogP contribution in [0.4, 0.5) is 0 Å². The molecule has 1 aromatic heterocycles. The van der Waals surface area contributed by atoms with E-state index in [0.29, 0.717) is 23.7 Å². The van der Waals surface area contributed by atoms with Gasteiger partial charge in [-0.1, -0.05) is 34.1 Å². The van der Waals surface area contributed by atoms with Crippen LogP contribution in [0, 0.1) is 0 Å². The third-order valence-corrected chi connectivity index (χ3v) is 5.59. The number of amides is 2. The smallest absolute Gasteiger partial charge is 0.270 e. The minimum Gasteiger partial charge on any atom is -0.335 e. The van der Waals surface area contributed by atoms with Crippen LogP contribution < -0.4 is 5.32 Å². The molecule has 1 aliphatic heterocycles. The molecule has 0 radical (unpaired) electrons. The summed E-state index contributed by atoms with van der Waals surface area (Å²) in [5, 5.41) is 4.65. The maximum absolute atomic E-state index is 13.0. The van der Waals surface area contributed by atoms with Crippen molar-refractivity contribution in [2.24, 2.45) is 0 Å². The summed E-state index contributed by atoms with van der Waals surface area (Å²) >= 11 is 4.76. The Morgan fingerprint density at radius 1 is 1.12 bits per heavy atom. The molecule has 0 unspecified atom stereocenters. The monoisotopic (exact) mass is 433 g/mol. The number of hydrogen-bond acceptors (Lipinski definition) is 4. The Hall–Kier alpha value is -1.96. The number of benzene rings is 1. The quantitative estimate of drug-likeness (QED) is 0.753. The number of nitrogens with zero attached hydrogens (tertiary/aromatic N) is 2. The summed E-state index contributed by atoms with van der Waals surface area (Å²) in [7, 11) is 2.04. The first-order chi connectivity index (χ1) is 12.5. The van der Waals surface area contributed by atoms with Gasteiger partial charge in [0.1, 0.15) is 5.70 Å². The number of carbonyl (C=O) groups excluding carboxylic acids is 2. The Morgan fingerprint density at radius 2 is 1.81 bits per heavy atom. The molecule has 1 aliphatic rings. The zero-order valence-corrected chi connectivity index (χ0v) is 16.8. The molecule has 7 heteroatoms. The first kappa shape index (κ1) is 18.8. The van der Waals surface area contributed by atoms with Gasteiger partial charge in [-0.3, -0.25) is 9.59 Å². The van der Waals surface area contributed by atoms with E-state index in [9.17, 15) is 9.59 Å². The van der Waals surface area contributed by atoms with Gasteiger partial charge in [-0.05, 0) is 42.3 Å². The standard InChI is InChI=1S/C19H20BrN3O2S/c1-22-8-10-23(11-9-22)19(25)16(13-14-4-6-15(20)7-5-14)21-18(24)17-3-2-12-26-17/h2-7,12-13H,8-11H2,1H3,(H,21,24)/b16-13+. The normalized spacial score (nSPS) is 15.8. The molecule has 0 atom stereocenters. The number of rotatable bonds is 4. The van der Waals surface area contributed by atoms with Crippen molar-refractivity contribution in [1.82, 2.24) is 15.1 Å². The van der Waals surface area contributed by atoms with E-state index in [1.54, 1.807) is 17.0 Å². The molecule has 5 nitrogen and oxygen atoms in total. The van der Waals surface area contributed by atoms with E-state index in [1.165, 1.54) is 11.3 Å². The number of piperazine rings is 1. The molecule has 0 aliphatic carbocycles. The average Bonchev–Trinajstić information content (AvgIpc) is 3.18. The van der Waals surface area contributed by atoms with Gasteiger partial charge >= 0.3 is 0 Å². The highest BCUT2D eigenvalue weighted by molar-refractivity contribution is 9.10. The summed E-state index contributed by atoms with van der Waals surface area (Å²) in [6.07, 6.45) is 1.73. The van der Waals surface area contributed by atoms with Gasteiger partial charge in [-0.25, -0.2) is 0 Å². The Labute approximate surface area is 165 Å². The third kappa shape index (κ3) is 4.81. The van der Waals surface area contributed by atoms with E-state index >= 15 is 0 Å². The van der Waals surface area contributed by atoms with Gasteiger partial charge in [0.25, 0.3) is 11.8 Å². The minimum absolute atomic E-state index is 0.147. The lowest BCUT2D eigenvalue weighted by atomic mass is 10.1. The van der Waals surface area contributed by atoms with Crippen molar-refractivity contribution in [3.8, 4) is 0 Å². The average molecular weight is 434 g/mol. The van der Waals surface area contributed by atoms with E-state index in [1.807, 2.05) is 42.8 Å². The fourth-order valence-electron chi connectivity index (χ4n) is 2.65. The molecule has 136 valence electrons. The van der Waals surface area contributed by atoms with Crippen LogP contribution in [0.5, 0.6) is 0 Å². The van der Waals surface area contributed by atoms with Crippen LogP contribution in [-0.4, -0.2) is 54.8 Å². The fraction of sp³-hybridized carbons (Fsp3) is 0.263. The van der Waals surface area contributed by atoms with Gasteiger partial charge in [0.05, 0.1) is 4.88 Å². The molecular formula is C19H20BrN3O2S. The highest BCUT2D eigenvalue weighted by Crippen LogP contribution is 2.15. The Morgan fingerprint density at radius 3 is 2.42 bits per heavy atom. The third-order valence-electron chi connectivity index (χ3n) is 4.20. The second-order valence-corrected chi connectivity index (χ2v) is 8.00. The van der Waals surface area contributed by atoms with Crippen molar-refractivity contribution in [3.63, 3.8) is 0 Å². The molecule has 26 heavy (non-hydrogen) atoms. The number of carbonyl (C=O) groups is 2. The second-order valence-electron chi connectivity index (χ2n) is 6.14. The maximum atomic E-state index is 13.0. The van der Waals surface area contributed by atoms with Crippen LogP contribution in [-0.2, 0) is 4.79 Å². The highest BCUT2D eigenvalue weighted by atomic mass is 79.9. The first-order valence-corrected chi connectivity index (χ1v) is 10.00. The molecular weight excluding hydrogens is 414 g/mol. The summed E-state index contributed by atoms with van der Waals surface area (Å²) in [5.74, 6) is -0.406. The maximum Gasteiger partial charge on any atom is 0.270 e. The molecule has 2 heterocycles. The lowest BCUT2D eigenvalue weighted by Gasteiger charge is -2.33. The molecule has 3 rings (SSSR count). The topological polar surface area (TPSA) is 52.6 Å². The summed E-state index contributed by atoms with van der Waals surface area (Å²) in [6.45, 7) is 2.97. The van der Waals surface area contributed by atoms with Crippen molar-refractivity contribution >= 4 is 45.2 Å². The van der Waals surface area contributed by atoms with E-state index < -0.39 is 0 Å². The molecule has 1 fully saturated rings. The van der Waals surface area contributed by atoms with Crippen molar-refractivity contribution < 1.29 is 9.59 Å². The zero-order chi connectivity index (χ0) is 18.5. The molecule has 0 saturated carbocycles. The summed E-state index contributed by atoms with van der Waals surface area (Å²) in [4.78, 5) is 30.0. The van der Waals surface area contributed by atoms with Gasteiger partial charge in [0.15, 0.2) is 0 Å². The van der Waals surface area contributed by atoms with Crippen LogP contribution in [0.3, 0.4) is 0 Å². The van der Waals surface area contributed by atoms with Crippen LogP contribution >= 0.6 is 27.3 Å². The van der Waals surface area contributed by atoms with Gasteiger partial charge in [0, 0.05) is 30.7 Å². The Balaban J connectivity index is 1.84. The molecule has 0 bridgehead atoms.